The lowest BCUT2D eigenvalue weighted by Crippen LogP contribution is -2.29. The molecule has 5 nitrogen and oxygen atoms in total. The molecular weight excluding hydrogens is 216 g/mol. The molecule has 0 aromatic carbocycles. The molecule has 0 aliphatic heterocycles. The zero-order valence-corrected chi connectivity index (χ0v) is 10.6. The number of rotatable bonds is 5. The van der Waals surface area contributed by atoms with Crippen molar-refractivity contribution in [3.63, 3.8) is 0 Å². The summed E-state index contributed by atoms with van der Waals surface area (Å²) in [5.41, 5.74) is 11.5. The lowest BCUT2D eigenvalue weighted by molar-refractivity contribution is 0.100. The number of carbonyl (C=O) groups is 1. The maximum Gasteiger partial charge on any atom is 0.250 e. The Morgan fingerprint density at radius 2 is 2.24 bits per heavy atom. The van der Waals surface area contributed by atoms with Crippen LogP contribution in [0.4, 0.5) is 11.5 Å². The van der Waals surface area contributed by atoms with Gasteiger partial charge in [-0.05, 0) is 19.4 Å². The first-order chi connectivity index (χ1) is 7.97. The number of hydrogen-bond donors (Lipinski definition) is 2. The molecule has 1 unspecified atom stereocenters. The van der Waals surface area contributed by atoms with Gasteiger partial charge in [-0.1, -0.05) is 13.3 Å². The first-order valence-corrected chi connectivity index (χ1v) is 5.75. The second kappa shape index (κ2) is 5.52. The smallest absolute Gasteiger partial charge is 0.250 e. The van der Waals surface area contributed by atoms with Gasteiger partial charge < -0.3 is 16.4 Å². The van der Waals surface area contributed by atoms with Crippen molar-refractivity contribution in [3.05, 3.63) is 17.8 Å². The molecule has 0 fully saturated rings. The van der Waals surface area contributed by atoms with Crippen LogP contribution in [0.15, 0.2) is 12.3 Å². The predicted octanol–water partition coefficient (Wildman–Crippen LogP) is 1.39. The van der Waals surface area contributed by atoms with Crippen LogP contribution in [-0.4, -0.2) is 24.0 Å². The summed E-state index contributed by atoms with van der Waals surface area (Å²) in [6, 6.07) is 2.00. The largest absolute Gasteiger partial charge is 0.397 e. The van der Waals surface area contributed by atoms with Crippen molar-refractivity contribution < 1.29 is 4.79 Å². The van der Waals surface area contributed by atoms with Gasteiger partial charge in [0.2, 0.25) is 0 Å². The third-order valence-corrected chi connectivity index (χ3v) is 2.91. The van der Waals surface area contributed by atoms with Crippen LogP contribution in [-0.2, 0) is 0 Å². The third-order valence-electron chi connectivity index (χ3n) is 2.91. The summed E-state index contributed by atoms with van der Waals surface area (Å²) >= 11 is 0. The first-order valence-electron chi connectivity index (χ1n) is 5.75. The Bertz CT molecular complexity index is 405. The summed E-state index contributed by atoms with van der Waals surface area (Å²) in [6.07, 6.45) is 3.64. The fourth-order valence-electron chi connectivity index (χ4n) is 1.70. The summed E-state index contributed by atoms with van der Waals surface area (Å²) in [5, 5.41) is 0. The number of nitrogen functional groups attached to an aromatic ring is 1. The Morgan fingerprint density at radius 1 is 1.59 bits per heavy atom. The highest BCUT2D eigenvalue weighted by atomic mass is 16.1. The number of nitrogens with zero attached hydrogens (tertiary/aromatic N) is 2. The molecule has 0 aliphatic carbocycles. The van der Waals surface area contributed by atoms with Gasteiger partial charge in [0.15, 0.2) is 0 Å². The fraction of sp³-hybridized carbons (Fsp3) is 0.500. The molecule has 1 heterocycles. The molecule has 1 rings (SSSR count). The number of amides is 1. The van der Waals surface area contributed by atoms with Crippen molar-refractivity contribution in [2.45, 2.75) is 32.7 Å². The van der Waals surface area contributed by atoms with Crippen molar-refractivity contribution in [1.82, 2.24) is 4.98 Å². The molecular formula is C12H20N4O. The van der Waals surface area contributed by atoms with Gasteiger partial charge >= 0.3 is 0 Å². The molecule has 0 saturated carbocycles. The van der Waals surface area contributed by atoms with Gasteiger partial charge in [0.1, 0.15) is 5.82 Å². The zero-order chi connectivity index (χ0) is 13.0. The second-order valence-electron chi connectivity index (χ2n) is 4.24. The highest BCUT2D eigenvalue weighted by molar-refractivity contribution is 5.98. The number of nitrogens with two attached hydrogens (primary N) is 2. The minimum absolute atomic E-state index is 0.317. The Balaban J connectivity index is 2.99. The van der Waals surface area contributed by atoms with Gasteiger partial charge in [-0.15, -0.1) is 0 Å². The van der Waals surface area contributed by atoms with Crippen molar-refractivity contribution in [1.29, 1.82) is 0 Å². The molecule has 17 heavy (non-hydrogen) atoms. The van der Waals surface area contributed by atoms with Crippen molar-refractivity contribution in [3.8, 4) is 0 Å². The van der Waals surface area contributed by atoms with Crippen LogP contribution in [0.3, 0.4) is 0 Å². The molecule has 0 spiro atoms. The predicted molar refractivity (Wildman–Crippen MR) is 69.9 cm³/mol. The number of carbonyl (C=O) groups excluding carboxylic acids is 1. The Kier molecular flexibility index (Phi) is 4.31. The van der Waals surface area contributed by atoms with Crippen molar-refractivity contribution in [2.24, 2.45) is 5.73 Å². The highest BCUT2D eigenvalue weighted by Gasteiger charge is 2.14. The van der Waals surface area contributed by atoms with E-state index >= 15 is 0 Å². The van der Waals surface area contributed by atoms with E-state index in [1.54, 1.807) is 6.07 Å². The molecule has 1 atom stereocenters. The molecule has 0 saturated heterocycles. The van der Waals surface area contributed by atoms with Gasteiger partial charge in [0, 0.05) is 13.1 Å². The van der Waals surface area contributed by atoms with Gasteiger partial charge in [-0.25, -0.2) is 4.98 Å². The lowest BCUT2D eigenvalue weighted by Gasteiger charge is -2.26. The van der Waals surface area contributed by atoms with Crippen LogP contribution in [0.5, 0.6) is 0 Å². The summed E-state index contributed by atoms with van der Waals surface area (Å²) in [5.74, 6) is 0.191. The van der Waals surface area contributed by atoms with Crippen LogP contribution in [0, 0.1) is 0 Å². The summed E-state index contributed by atoms with van der Waals surface area (Å²) in [6.45, 7) is 4.25. The first kappa shape index (κ1) is 13.3. The SMILES string of the molecule is CCCC(C)N(C)c1cc(C(N)=O)c(N)cn1. The fourth-order valence-corrected chi connectivity index (χ4v) is 1.70. The highest BCUT2D eigenvalue weighted by Crippen LogP contribution is 2.19. The standard InChI is InChI=1S/C12H20N4O/c1-4-5-8(2)16(3)11-6-9(12(14)17)10(13)7-15-11/h6-8H,4-5,13H2,1-3H3,(H2,14,17). The molecule has 0 radical (unpaired) electrons. The van der Waals surface area contributed by atoms with Crippen LogP contribution in [0.1, 0.15) is 37.0 Å². The molecule has 1 amide bonds. The summed E-state index contributed by atoms with van der Waals surface area (Å²) in [4.78, 5) is 17.4. The van der Waals surface area contributed by atoms with E-state index in [1.165, 1.54) is 6.20 Å². The molecule has 5 heteroatoms. The lowest BCUT2D eigenvalue weighted by atomic mass is 10.1. The maximum absolute atomic E-state index is 11.2. The second-order valence-corrected chi connectivity index (χ2v) is 4.24. The molecule has 0 aliphatic rings. The topological polar surface area (TPSA) is 85.2 Å². The van der Waals surface area contributed by atoms with E-state index in [2.05, 4.69) is 18.8 Å². The Morgan fingerprint density at radius 3 is 2.76 bits per heavy atom. The minimum Gasteiger partial charge on any atom is -0.397 e. The molecule has 4 N–H and O–H groups in total. The number of pyridine rings is 1. The van der Waals surface area contributed by atoms with E-state index in [0.717, 1.165) is 12.8 Å². The van der Waals surface area contributed by atoms with E-state index in [4.69, 9.17) is 11.5 Å². The monoisotopic (exact) mass is 236 g/mol. The average Bonchev–Trinajstić information content (AvgIpc) is 2.28. The number of aromatic nitrogens is 1. The normalized spacial score (nSPS) is 12.2. The molecule has 1 aromatic rings. The van der Waals surface area contributed by atoms with Crippen LogP contribution < -0.4 is 16.4 Å². The minimum atomic E-state index is -0.525. The zero-order valence-electron chi connectivity index (χ0n) is 10.6. The molecule has 94 valence electrons. The quantitative estimate of drug-likeness (QED) is 0.809. The summed E-state index contributed by atoms with van der Waals surface area (Å²) in [7, 11) is 1.95. The van der Waals surface area contributed by atoms with E-state index in [1.807, 2.05) is 11.9 Å². The molecule has 0 bridgehead atoms. The van der Waals surface area contributed by atoms with E-state index in [-0.39, 0.29) is 0 Å². The number of anilines is 2. The van der Waals surface area contributed by atoms with Gasteiger partial charge in [-0.2, -0.15) is 0 Å². The third kappa shape index (κ3) is 3.09. The number of hydrogen-bond acceptors (Lipinski definition) is 4. The van der Waals surface area contributed by atoms with Crippen molar-refractivity contribution >= 4 is 17.4 Å². The van der Waals surface area contributed by atoms with E-state index < -0.39 is 5.91 Å². The summed E-state index contributed by atoms with van der Waals surface area (Å²) < 4.78 is 0. The van der Waals surface area contributed by atoms with Crippen LogP contribution in [0.25, 0.3) is 0 Å². The Labute approximate surface area is 102 Å². The van der Waals surface area contributed by atoms with Crippen LogP contribution >= 0.6 is 0 Å². The van der Waals surface area contributed by atoms with E-state index in [9.17, 15) is 4.79 Å². The Hall–Kier alpha value is -1.78. The maximum atomic E-state index is 11.2. The van der Waals surface area contributed by atoms with Crippen LogP contribution in [0.2, 0.25) is 0 Å². The average molecular weight is 236 g/mol. The molecule has 1 aromatic heterocycles. The van der Waals surface area contributed by atoms with Gasteiger partial charge in [0.25, 0.3) is 5.91 Å². The van der Waals surface area contributed by atoms with Crippen molar-refractivity contribution in [2.75, 3.05) is 17.7 Å². The van der Waals surface area contributed by atoms with Gasteiger partial charge in [0.05, 0.1) is 17.4 Å². The van der Waals surface area contributed by atoms with Gasteiger partial charge in [-0.3, -0.25) is 4.79 Å². The number of primary amides is 1. The van der Waals surface area contributed by atoms with E-state index in [0.29, 0.717) is 23.1 Å².